The Morgan fingerprint density at radius 2 is 2.00 bits per heavy atom. The molecule has 3 rings (SSSR count). The molecule has 0 saturated heterocycles. The molecule has 0 aliphatic heterocycles. The van der Waals surface area contributed by atoms with Gasteiger partial charge in [-0.15, -0.1) is 0 Å². The molecule has 2 unspecified atom stereocenters. The Morgan fingerprint density at radius 3 is 2.75 bits per heavy atom. The summed E-state index contributed by atoms with van der Waals surface area (Å²) in [5.41, 5.74) is 3.34. The van der Waals surface area contributed by atoms with Crippen LogP contribution in [0, 0.1) is 0 Å². The maximum Gasteiger partial charge on any atom is 0.251 e. The summed E-state index contributed by atoms with van der Waals surface area (Å²) in [6, 6.07) is 14.8. The highest BCUT2D eigenvalue weighted by Crippen LogP contribution is 2.14. The van der Waals surface area contributed by atoms with Gasteiger partial charge in [0.25, 0.3) is 5.91 Å². The van der Waals surface area contributed by atoms with Crippen LogP contribution < -0.4 is 5.32 Å². The van der Waals surface area contributed by atoms with Crippen LogP contribution in [0.2, 0.25) is 0 Å². The van der Waals surface area contributed by atoms with E-state index in [0.717, 1.165) is 16.6 Å². The molecule has 24 heavy (non-hydrogen) atoms. The second kappa shape index (κ2) is 6.84. The third-order valence-corrected chi connectivity index (χ3v) is 4.21. The minimum absolute atomic E-state index is 0.206. The molecule has 1 amide bonds. The summed E-state index contributed by atoms with van der Waals surface area (Å²) in [5, 5.41) is 13.2. The van der Waals surface area contributed by atoms with Gasteiger partial charge in [0, 0.05) is 19.0 Å². The van der Waals surface area contributed by atoms with Crippen molar-refractivity contribution in [1.82, 2.24) is 14.9 Å². The number of fused-ring (bicyclic) bond motifs is 1. The van der Waals surface area contributed by atoms with E-state index in [1.807, 2.05) is 54.9 Å². The summed E-state index contributed by atoms with van der Waals surface area (Å²) in [6.07, 6.45) is 1.58. The zero-order valence-corrected chi connectivity index (χ0v) is 13.8. The van der Waals surface area contributed by atoms with Crippen LogP contribution in [-0.4, -0.2) is 32.7 Å². The molecule has 0 aliphatic carbocycles. The lowest BCUT2D eigenvalue weighted by Gasteiger charge is -2.20. The molecule has 3 aromatic rings. The quantitative estimate of drug-likeness (QED) is 0.757. The Hall–Kier alpha value is -2.66. The minimum atomic E-state index is -0.644. The fourth-order valence-electron chi connectivity index (χ4n) is 2.70. The first-order chi connectivity index (χ1) is 11.5. The van der Waals surface area contributed by atoms with E-state index in [9.17, 15) is 9.90 Å². The summed E-state index contributed by atoms with van der Waals surface area (Å²) in [5.74, 6) is -0.206. The summed E-state index contributed by atoms with van der Waals surface area (Å²) in [4.78, 5) is 16.7. The van der Waals surface area contributed by atoms with Crippen LogP contribution in [0.5, 0.6) is 0 Å². The van der Waals surface area contributed by atoms with Gasteiger partial charge in [0.05, 0.1) is 29.5 Å². The van der Waals surface area contributed by atoms with Crippen LogP contribution >= 0.6 is 0 Å². The fraction of sp³-hybridized carbons (Fsp3) is 0.263. The summed E-state index contributed by atoms with van der Waals surface area (Å²) in [7, 11) is 1.91. The van der Waals surface area contributed by atoms with Crippen LogP contribution in [0.15, 0.2) is 54.9 Å². The number of rotatable bonds is 5. The van der Waals surface area contributed by atoms with Gasteiger partial charge in [-0.2, -0.15) is 0 Å². The predicted molar refractivity (Wildman–Crippen MR) is 93.8 cm³/mol. The number of aryl methyl sites for hydroxylation is 1. The number of carbonyl (C=O) groups is 1. The van der Waals surface area contributed by atoms with E-state index in [4.69, 9.17) is 0 Å². The van der Waals surface area contributed by atoms with Crippen molar-refractivity contribution in [2.24, 2.45) is 7.05 Å². The van der Waals surface area contributed by atoms with Gasteiger partial charge in [-0.3, -0.25) is 4.79 Å². The highest BCUT2D eigenvalue weighted by atomic mass is 16.3. The fourth-order valence-corrected chi connectivity index (χ4v) is 2.70. The molecule has 0 fully saturated rings. The number of nitrogens with one attached hydrogen (secondary N) is 1. The van der Waals surface area contributed by atoms with Gasteiger partial charge >= 0.3 is 0 Å². The highest BCUT2D eigenvalue weighted by molar-refractivity contribution is 5.97. The zero-order valence-electron chi connectivity index (χ0n) is 13.8. The molecular formula is C19H21N3O2. The SMILES string of the molecule is CC(NC(=O)c1ccc2c(c1)ncn2C)C(O)Cc1ccccc1. The van der Waals surface area contributed by atoms with Gasteiger partial charge in [0.2, 0.25) is 0 Å². The van der Waals surface area contributed by atoms with E-state index in [0.29, 0.717) is 12.0 Å². The molecule has 5 nitrogen and oxygen atoms in total. The van der Waals surface area contributed by atoms with Crippen molar-refractivity contribution in [3.63, 3.8) is 0 Å². The third kappa shape index (κ3) is 3.46. The predicted octanol–water partition coefficient (Wildman–Crippen LogP) is 2.30. The van der Waals surface area contributed by atoms with Gasteiger partial charge < -0.3 is 15.0 Å². The number of aromatic nitrogens is 2. The largest absolute Gasteiger partial charge is 0.391 e. The molecule has 2 atom stereocenters. The topological polar surface area (TPSA) is 67.2 Å². The number of benzene rings is 2. The molecule has 1 aromatic heterocycles. The van der Waals surface area contributed by atoms with Crippen molar-refractivity contribution in [2.75, 3.05) is 0 Å². The molecule has 0 radical (unpaired) electrons. The van der Waals surface area contributed by atoms with E-state index in [1.165, 1.54) is 0 Å². The van der Waals surface area contributed by atoms with Crippen LogP contribution in [0.1, 0.15) is 22.8 Å². The second-order valence-corrected chi connectivity index (χ2v) is 6.08. The number of hydrogen-bond donors (Lipinski definition) is 2. The van der Waals surface area contributed by atoms with E-state index >= 15 is 0 Å². The molecule has 2 aromatic carbocycles. The molecule has 0 spiro atoms. The molecule has 124 valence electrons. The monoisotopic (exact) mass is 323 g/mol. The third-order valence-electron chi connectivity index (χ3n) is 4.21. The van der Waals surface area contributed by atoms with Crippen LogP contribution in [0.3, 0.4) is 0 Å². The van der Waals surface area contributed by atoms with Crippen molar-refractivity contribution < 1.29 is 9.90 Å². The first-order valence-corrected chi connectivity index (χ1v) is 7.98. The molecule has 5 heteroatoms. The van der Waals surface area contributed by atoms with Crippen LogP contribution in [0.25, 0.3) is 11.0 Å². The molecule has 0 bridgehead atoms. The Morgan fingerprint density at radius 1 is 1.25 bits per heavy atom. The van der Waals surface area contributed by atoms with Gasteiger partial charge in [-0.25, -0.2) is 4.98 Å². The highest BCUT2D eigenvalue weighted by Gasteiger charge is 2.18. The summed E-state index contributed by atoms with van der Waals surface area (Å²) >= 11 is 0. The zero-order chi connectivity index (χ0) is 17.1. The smallest absolute Gasteiger partial charge is 0.251 e. The Bertz CT molecular complexity index is 842. The standard InChI is InChI=1S/C19H21N3O2/c1-13(18(23)10-14-6-4-3-5-7-14)21-19(24)15-8-9-17-16(11-15)20-12-22(17)2/h3-9,11-13,18,23H,10H2,1-2H3,(H,21,24). The second-order valence-electron chi connectivity index (χ2n) is 6.08. The van der Waals surface area contributed by atoms with Gasteiger partial charge in [0.15, 0.2) is 0 Å². The maximum atomic E-state index is 12.4. The molecule has 2 N–H and O–H groups in total. The van der Waals surface area contributed by atoms with Gasteiger partial charge in [-0.05, 0) is 30.7 Å². The van der Waals surface area contributed by atoms with Crippen molar-refractivity contribution in [2.45, 2.75) is 25.5 Å². The number of imidazole rings is 1. The number of carbonyl (C=O) groups excluding carboxylic acids is 1. The molecule has 0 aliphatic rings. The average molecular weight is 323 g/mol. The van der Waals surface area contributed by atoms with E-state index in [2.05, 4.69) is 10.3 Å². The molecule has 1 heterocycles. The van der Waals surface area contributed by atoms with Crippen molar-refractivity contribution in [3.8, 4) is 0 Å². The molecular weight excluding hydrogens is 302 g/mol. The lowest BCUT2D eigenvalue weighted by Crippen LogP contribution is -2.42. The van der Waals surface area contributed by atoms with Crippen molar-refractivity contribution in [1.29, 1.82) is 0 Å². The van der Waals surface area contributed by atoms with Gasteiger partial charge in [-0.1, -0.05) is 30.3 Å². The Balaban J connectivity index is 1.66. The number of aliphatic hydroxyl groups is 1. The van der Waals surface area contributed by atoms with Crippen molar-refractivity contribution >= 4 is 16.9 Å². The van der Waals surface area contributed by atoms with Gasteiger partial charge in [0.1, 0.15) is 0 Å². The normalized spacial score (nSPS) is 13.6. The van der Waals surface area contributed by atoms with E-state index in [-0.39, 0.29) is 11.9 Å². The van der Waals surface area contributed by atoms with Crippen LogP contribution in [-0.2, 0) is 13.5 Å². The first-order valence-electron chi connectivity index (χ1n) is 7.98. The number of aliphatic hydroxyl groups excluding tert-OH is 1. The number of amides is 1. The van der Waals surface area contributed by atoms with Crippen molar-refractivity contribution in [3.05, 3.63) is 66.0 Å². The Labute approximate surface area is 141 Å². The average Bonchev–Trinajstić information content (AvgIpc) is 2.96. The maximum absolute atomic E-state index is 12.4. The molecule has 0 saturated carbocycles. The first kappa shape index (κ1) is 16.2. The lowest BCUT2D eigenvalue weighted by molar-refractivity contribution is 0.0852. The minimum Gasteiger partial charge on any atom is -0.391 e. The number of nitrogens with zero attached hydrogens (tertiary/aromatic N) is 2. The van der Waals surface area contributed by atoms with Crippen LogP contribution in [0.4, 0.5) is 0 Å². The Kier molecular flexibility index (Phi) is 4.62. The number of hydrogen-bond acceptors (Lipinski definition) is 3. The van der Waals surface area contributed by atoms with E-state index in [1.54, 1.807) is 18.5 Å². The summed E-state index contributed by atoms with van der Waals surface area (Å²) in [6.45, 7) is 1.81. The summed E-state index contributed by atoms with van der Waals surface area (Å²) < 4.78 is 1.91. The lowest BCUT2D eigenvalue weighted by atomic mass is 10.0. The van der Waals surface area contributed by atoms with E-state index < -0.39 is 6.10 Å².